The monoisotopic (exact) mass is 202 g/mol. The van der Waals surface area contributed by atoms with Crippen molar-refractivity contribution in [2.75, 3.05) is 5.75 Å². The van der Waals surface area contributed by atoms with Gasteiger partial charge in [-0.1, -0.05) is 5.21 Å². The summed E-state index contributed by atoms with van der Waals surface area (Å²) in [6.45, 7) is -0.0689. The first-order chi connectivity index (χ1) is 6.14. The van der Waals surface area contributed by atoms with E-state index in [0.717, 1.165) is 0 Å². The Morgan fingerprint density at radius 2 is 2.38 bits per heavy atom. The number of nitrogens with one attached hydrogen (secondary N) is 2. The van der Waals surface area contributed by atoms with Crippen molar-refractivity contribution in [2.24, 2.45) is 0 Å². The van der Waals surface area contributed by atoms with E-state index in [-0.39, 0.29) is 12.4 Å². The van der Waals surface area contributed by atoms with Crippen molar-refractivity contribution in [1.82, 2.24) is 25.3 Å². The second-order valence-electron chi connectivity index (χ2n) is 2.07. The highest BCUT2D eigenvalue weighted by Gasteiger charge is 2.09. The molecule has 0 aliphatic rings. The van der Waals surface area contributed by atoms with Crippen LogP contribution in [0.2, 0.25) is 0 Å². The first kappa shape index (κ1) is 9.56. The quantitative estimate of drug-likeness (QED) is 0.590. The lowest BCUT2D eigenvalue weighted by Crippen LogP contribution is -2.25. The molecule has 0 bridgehead atoms. The molecule has 1 rings (SSSR count). The Morgan fingerprint density at radius 3 is 2.92 bits per heavy atom. The number of sulfonamides is 1. The third kappa shape index (κ3) is 3.14. The smallest absolute Gasteiger partial charge is 0.211 e. The second-order valence-corrected chi connectivity index (χ2v) is 3.87. The van der Waals surface area contributed by atoms with Crippen LogP contribution in [0.15, 0.2) is 0 Å². The summed E-state index contributed by atoms with van der Waals surface area (Å²) >= 11 is 0. The van der Waals surface area contributed by atoms with Crippen LogP contribution in [0.1, 0.15) is 5.82 Å². The van der Waals surface area contributed by atoms with Crippen molar-refractivity contribution in [3.8, 4) is 6.07 Å². The van der Waals surface area contributed by atoms with E-state index in [2.05, 4.69) is 25.3 Å². The summed E-state index contributed by atoms with van der Waals surface area (Å²) in [7, 11) is -3.54. The van der Waals surface area contributed by atoms with E-state index in [1.54, 1.807) is 0 Å². The molecule has 0 atom stereocenters. The van der Waals surface area contributed by atoms with Crippen molar-refractivity contribution in [3.63, 3.8) is 0 Å². The number of hydrogen-bond acceptors (Lipinski definition) is 6. The van der Waals surface area contributed by atoms with E-state index in [0.29, 0.717) is 0 Å². The molecule has 0 radical (unpaired) electrons. The average molecular weight is 202 g/mol. The molecule has 9 heteroatoms. The molecule has 2 N–H and O–H groups in total. The van der Waals surface area contributed by atoms with Gasteiger partial charge in [0.05, 0.1) is 12.6 Å². The lowest BCUT2D eigenvalue weighted by atomic mass is 10.7. The maximum Gasteiger partial charge on any atom is 0.225 e. The molecule has 0 spiro atoms. The number of tetrazole rings is 1. The van der Waals surface area contributed by atoms with E-state index >= 15 is 0 Å². The first-order valence-electron chi connectivity index (χ1n) is 3.20. The molecule has 13 heavy (non-hydrogen) atoms. The molecule has 0 saturated heterocycles. The molecule has 0 fully saturated rings. The van der Waals surface area contributed by atoms with Gasteiger partial charge >= 0.3 is 0 Å². The zero-order valence-electron chi connectivity index (χ0n) is 6.43. The van der Waals surface area contributed by atoms with E-state index in [1.807, 2.05) is 0 Å². The predicted molar refractivity (Wildman–Crippen MR) is 40.4 cm³/mol. The van der Waals surface area contributed by atoms with Crippen LogP contribution in [-0.2, 0) is 16.6 Å². The number of nitriles is 1. The Morgan fingerprint density at radius 1 is 1.62 bits per heavy atom. The maximum atomic E-state index is 10.9. The van der Waals surface area contributed by atoms with Crippen LogP contribution in [0.25, 0.3) is 0 Å². The normalized spacial score (nSPS) is 11.0. The number of rotatable bonds is 4. The van der Waals surface area contributed by atoms with Crippen molar-refractivity contribution in [2.45, 2.75) is 6.54 Å². The SMILES string of the molecule is N#CCS(=O)(=O)NCc1nn[nH]n1. The number of nitrogens with zero attached hydrogens (tertiary/aromatic N) is 4. The maximum absolute atomic E-state index is 10.9. The van der Waals surface area contributed by atoms with Crippen molar-refractivity contribution >= 4 is 10.0 Å². The van der Waals surface area contributed by atoms with Gasteiger partial charge in [0.1, 0.15) is 0 Å². The molecule has 8 nitrogen and oxygen atoms in total. The second kappa shape index (κ2) is 3.92. The zero-order chi connectivity index (χ0) is 9.73. The Hall–Kier alpha value is -1.53. The largest absolute Gasteiger partial charge is 0.225 e. The van der Waals surface area contributed by atoms with Crippen molar-refractivity contribution in [3.05, 3.63) is 5.82 Å². The van der Waals surface area contributed by atoms with Crippen LogP contribution in [0, 0.1) is 11.3 Å². The summed E-state index contributed by atoms with van der Waals surface area (Å²) in [6.07, 6.45) is 0. The van der Waals surface area contributed by atoms with Gasteiger partial charge in [0.15, 0.2) is 11.6 Å². The van der Waals surface area contributed by atoms with Gasteiger partial charge in [-0.05, 0) is 0 Å². The highest BCUT2D eigenvalue weighted by atomic mass is 32.2. The molecular weight excluding hydrogens is 196 g/mol. The van der Waals surface area contributed by atoms with Gasteiger partial charge in [0.25, 0.3) is 0 Å². The van der Waals surface area contributed by atoms with Crippen molar-refractivity contribution in [1.29, 1.82) is 5.26 Å². The fourth-order valence-electron chi connectivity index (χ4n) is 0.568. The van der Waals surface area contributed by atoms with Gasteiger partial charge in [-0.25, -0.2) is 13.1 Å². The average Bonchev–Trinajstić information content (AvgIpc) is 2.52. The molecule has 0 saturated carbocycles. The number of H-pyrrole nitrogens is 1. The number of aromatic amines is 1. The molecule has 1 aromatic heterocycles. The third-order valence-corrected chi connectivity index (χ3v) is 2.19. The number of hydrogen-bond donors (Lipinski definition) is 2. The van der Waals surface area contributed by atoms with Gasteiger partial charge in [-0.3, -0.25) is 0 Å². The fraction of sp³-hybridized carbons (Fsp3) is 0.500. The van der Waals surface area contributed by atoms with Crippen molar-refractivity contribution < 1.29 is 8.42 Å². The predicted octanol–water partition coefficient (Wildman–Crippen LogP) is -1.86. The Labute approximate surface area is 74.0 Å². The highest BCUT2D eigenvalue weighted by molar-refractivity contribution is 7.89. The lowest BCUT2D eigenvalue weighted by molar-refractivity contribution is 0.583. The van der Waals surface area contributed by atoms with Crippen LogP contribution < -0.4 is 4.72 Å². The number of aromatic nitrogens is 4. The molecule has 0 unspecified atom stereocenters. The molecule has 70 valence electrons. The zero-order valence-corrected chi connectivity index (χ0v) is 7.24. The van der Waals surface area contributed by atoms with E-state index < -0.39 is 15.8 Å². The van der Waals surface area contributed by atoms with Crippen LogP contribution in [0.5, 0.6) is 0 Å². The molecule has 0 amide bonds. The Balaban J connectivity index is 2.49. The molecule has 0 aliphatic carbocycles. The molecular formula is C4H6N6O2S. The van der Waals surface area contributed by atoms with Gasteiger partial charge in [-0.15, -0.1) is 10.2 Å². The Kier molecular flexibility index (Phi) is 2.88. The molecule has 1 aromatic rings. The van der Waals surface area contributed by atoms with E-state index in [1.165, 1.54) is 6.07 Å². The fourth-order valence-corrected chi connectivity index (χ4v) is 1.19. The van der Waals surface area contributed by atoms with Crippen LogP contribution in [0.4, 0.5) is 0 Å². The summed E-state index contributed by atoms with van der Waals surface area (Å²) in [6, 6.07) is 1.52. The van der Waals surface area contributed by atoms with E-state index in [4.69, 9.17) is 5.26 Å². The van der Waals surface area contributed by atoms with Crippen LogP contribution >= 0.6 is 0 Å². The Bertz CT molecular complexity index is 389. The third-order valence-electron chi connectivity index (χ3n) is 1.09. The summed E-state index contributed by atoms with van der Waals surface area (Å²) < 4.78 is 23.9. The molecule has 1 heterocycles. The van der Waals surface area contributed by atoms with Crippen LogP contribution in [-0.4, -0.2) is 34.8 Å². The minimum atomic E-state index is -3.54. The lowest BCUT2D eigenvalue weighted by Gasteiger charge is -1.97. The van der Waals surface area contributed by atoms with Crippen LogP contribution in [0.3, 0.4) is 0 Å². The summed E-state index contributed by atoms with van der Waals surface area (Å²) in [5.74, 6) is -0.355. The molecule has 0 aliphatic heterocycles. The first-order valence-corrected chi connectivity index (χ1v) is 4.86. The van der Waals surface area contributed by atoms with Gasteiger partial charge < -0.3 is 0 Å². The summed E-state index contributed by atoms with van der Waals surface area (Å²) in [5.41, 5.74) is 0. The molecule has 0 aromatic carbocycles. The topological polar surface area (TPSA) is 124 Å². The highest BCUT2D eigenvalue weighted by Crippen LogP contribution is 1.87. The van der Waals surface area contributed by atoms with E-state index in [9.17, 15) is 8.42 Å². The standard InChI is InChI=1S/C4H6N6O2S/c5-1-2-13(11,12)6-3-4-7-9-10-8-4/h6H,2-3H2,(H,7,8,9,10). The van der Waals surface area contributed by atoms with Gasteiger partial charge in [-0.2, -0.15) is 10.5 Å². The van der Waals surface area contributed by atoms with Gasteiger partial charge in [0, 0.05) is 0 Å². The summed E-state index contributed by atoms with van der Waals surface area (Å²) in [4.78, 5) is 0. The summed E-state index contributed by atoms with van der Waals surface area (Å²) in [5, 5.41) is 20.6. The van der Waals surface area contributed by atoms with Gasteiger partial charge in [0.2, 0.25) is 10.0 Å². The minimum absolute atomic E-state index is 0.0689. The minimum Gasteiger partial charge on any atom is -0.211 e.